The van der Waals surface area contributed by atoms with Crippen molar-refractivity contribution >= 4 is 5.78 Å². The third-order valence-electron chi connectivity index (χ3n) is 2.30. The first-order valence-corrected chi connectivity index (χ1v) is 4.78. The van der Waals surface area contributed by atoms with Crippen LogP contribution in [-0.2, 0) is 7.05 Å². The van der Waals surface area contributed by atoms with E-state index in [1.54, 1.807) is 11.6 Å². The summed E-state index contributed by atoms with van der Waals surface area (Å²) >= 11 is 0. The summed E-state index contributed by atoms with van der Waals surface area (Å²) in [5, 5.41) is 4.29. The largest absolute Gasteiger partial charge is 0.294 e. The Bertz CT molecular complexity index is 500. The fraction of sp³-hybridized carbons (Fsp3) is 0.167. The molecule has 0 unspecified atom stereocenters. The number of carbonyl (C=O) groups excluding carboxylic acids is 1. The van der Waals surface area contributed by atoms with Crippen LogP contribution in [0.5, 0.6) is 0 Å². The summed E-state index contributed by atoms with van der Waals surface area (Å²) in [4.78, 5) is 11.4. The molecule has 0 spiro atoms. The minimum absolute atomic E-state index is 0.0660. The topological polar surface area (TPSA) is 34.9 Å². The molecular weight excluding hydrogens is 188 g/mol. The molecule has 0 radical (unpaired) electrons. The van der Waals surface area contributed by atoms with Gasteiger partial charge < -0.3 is 0 Å². The monoisotopic (exact) mass is 200 g/mol. The number of aromatic nitrogens is 2. The van der Waals surface area contributed by atoms with E-state index in [9.17, 15) is 4.79 Å². The molecule has 3 heteroatoms. The summed E-state index contributed by atoms with van der Waals surface area (Å²) in [6, 6.07) is 9.42. The van der Waals surface area contributed by atoms with Crippen molar-refractivity contribution in [3.63, 3.8) is 0 Å². The number of Topliss-reactive ketones (excluding diaryl/α,β-unsaturated/α-hetero) is 1. The minimum atomic E-state index is 0.0660. The lowest BCUT2D eigenvalue weighted by atomic mass is 10.0. The molecule has 0 fully saturated rings. The molecule has 2 aromatic rings. The van der Waals surface area contributed by atoms with E-state index in [1.165, 1.54) is 0 Å². The summed E-state index contributed by atoms with van der Waals surface area (Å²) in [6.07, 6.45) is 1.87. The van der Waals surface area contributed by atoms with E-state index in [0.717, 1.165) is 16.8 Å². The molecule has 76 valence electrons. The molecule has 0 amide bonds. The molecule has 0 saturated carbocycles. The van der Waals surface area contributed by atoms with Crippen LogP contribution in [0.25, 0.3) is 11.3 Å². The van der Waals surface area contributed by atoms with Gasteiger partial charge in [0, 0.05) is 24.4 Å². The van der Waals surface area contributed by atoms with Crippen LogP contribution in [0.4, 0.5) is 0 Å². The normalized spacial score (nSPS) is 10.3. The Hall–Kier alpha value is -1.90. The van der Waals surface area contributed by atoms with Crippen LogP contribution < -0.4 is 0 Å². The quantitative estimate of drug-likeness (QED) is 0.697. The van der Waals surface area contributed by atoms with Gasteiger partial charge >= 0.3 is 0 Å². The van der Waals surface area contributed by atoms with Gasteiger partial charge in [0.2, 0.25) is 0 Å². The highest BCUT2D eigenvalue weighted by Gasteiger charge is 2.09. The van der Waals surface area contributed by atoms with Crippen molar-refractivity contribution in [2.45, 2.75) is 6.92 Å². The van der Waals surface area contributed by atoms with Gasteiger partial charge in [-0.15, -0.1) is 0 Å². The Labute approximate surface area is 88.4 Å². The molecule has 1 aromatic heterocycles. The Balaban J connectivity index is 2.57. The molecule has 0 atom stereocenters. The van der Waals surface area contributed by atoms with E-state index >= 15 is 0 Å². The highest BCUT2D eigenvalue weighted by molar-refractivity contribution is 6.00. The highest BCUT2D eigenvalue weighted by Crippen LogP contribution is 2.21. The summed E-state index contributed by atoms with van der Waals surface area (Å²) < 4.78 is 1.73. The van der Waals surface area contributed by atoms with Crippen molar-refractivity contribution in [1.29, 1.82) is 0 Å². The molecule has 0 aliphatic rings. The zero-order valence-corrected chi connectivity index (χ0v) is 8.77. The lowest BCUT2D eigenvalue weighted by Gasteiger charge is -2.02. The molecule has 3 nitrogen and oxygen atoms in total. The van der Waals surface area contributed by atoms with Crippen LogP contribution in [-0.4, -0.2) is 15.6 Å². The molecular formula is C12H12N2O. The van der Waals surface area contributed by atoms with Gasteiger partial charge in [-0.25, -0.2) is 0 Å². The van der Waals surface area contributed by atoms with E-state index < -0.39 is 0 Å². The number of hydrogen-bond donors (Lipinski definition) is 0. The van der Waals surface area contributed by atoms with Crippen LogP contribution in [0, 0.1) is 0 Å². The number of hydrogen-bond acceptors (Lipinski definition) is 2. The SMILES string of the molecule is CC(=O)c1ccccc1-c1ccn(C)n1. The summed E-state index contributed by atoms with van der Waals surface area (Å²) in [6.45, 7) is 1.57. The Morgan fingerprint density at radius 2 is 2.00 bits per heavy atom. The van der Waals surface area contributed by atoms with Crippen molar-refractivity contribution < 1.29 is 4.79 Å². The Morgan fingerprint density at radius 1 is 1.27 bits per heavy atom. The number of aryl methyl sites for hydroxylation is 1. The summed E-state index contributed by atoms with van der Waals surface area (Å²) in [7, 11) is 1.86. The number of benzene rings is 1. The predicted molar refractivity (Wildman–Crippen MR) is 58.6 cm³/mol. The Kier molecular flexibility index (Phi) is 2.37. The molecule has 2 rings (SSSR count). The van der Waals surface area contributed by atoms with Crippen molar-refractivity contribution in [2.75, 3.05) is 0 Å². The number of rotatable bonds is 2. The average Bonchev–Trinajstić information content (AvgIpc) is 2.65. The van der Waals surface area contributed by atoms with Crippen LogP contribution in [0.3, 0.4) is 0 Å². The standard InChI is InChI=1S/C12H12N2O/c1-9(15)10-5-3-4-6-11(10)12-7-8-14(2)13-12/h3-8H,1-2H3. The average molecular weight is 200 g/mol. The van der Waals surface area contributed by atoms with Gasteiger partial charge in [0.25, 0.3) is 0 Å². The van der Waals surface area contributed by atoms with Crippen molar-refractivity contribution in [1.82, 2.24) is 9.78 Å². The fourth-order valence-electron chi connectivity index (χ4n) is 1.57. The molecule has 1 aromatic carbocycles. The van der Waals surface area contributed by atoms with Gasteiger partial charge in [0.1, 0.15) is 0 Å². The van der Waals surface area contributed by atoms with Crippen molar-refractivity contribution in [2.24, 2.45) is 7.05 Å². The molecule has 0 saturated heterocycles. The first kappa shape index (κ1) is 9.65. The van der Waals surface area contributed by atoms with Crippen molar-refractivity contribution in [3.05, 3.63) is 42.1 Å². The van der Waals surface area contributed by atoms with Gasteiger partial charge in [-0.1, -0.05) is 24.3 Å². The third kappa shape index (κ3) is 1.81. The number of nitrogens with zero attached hydrogens (tertiary/aromatic N) is 2. The molecule has 0 N–H and O–H groups in total. The first-order chi connectivity index (χ1) is 7.18. The maximum atomic E-state index is 11.4. The predicted octanol–water partition coefficient (Wildman–Crippen LogP) is 2.29. The third-order valence-corrected chi connectivity index (χ3v) is 2.30. The minimum Gasteiger partial charge on any atom is -0.294 e. The van der Waals surface area contributed by atoms with Crippen LogP contribution in [0.1, 0.15) is 17.3 Å². The van der Waals surface area contributed by atoms with Gasteiger partial charge in [0.15, 0.2) is 5.78 Å². The fourth-order valence-corrected chi connectivity index (χ4v) is 1.57. The van der Waals surface area contributed by atoms with E-state index in [4.69, 9.17) is 0 Å². The van der Waals surface area contributed by atoms with E-state index in [-0.39, 0.29) is 5.78 Å². The van der Waals surface area contributed by atoms with Crippen molar-refractivity contribution in [3.8, 4) is 11.3 Å². The van der Waals surface area contributed by atoms with Gasteiger partial charge in [-0.2, -0.15) is 5.10 Å². The molecule has 1 heterocycles. The first-order valence-electron chi connectivity index (χ1n) is 4.78. The zero-order chi connectivity index (χ0) is 10.8. The number of ketones is 1. The van der Waals surface area contributed by atoms with E-state index in [0.29, 0.717) is 0 Å². The maximum Gasteiger partial charge on any atom is 0.160 e. The highest BCUT2D eigenvalue weighted by atomic mass is 16.1. The maximum absolute atomic E-state index is 11.4. The molecule has 0 aliphatic heterocycles. The zero-order valence-electron chi connectivity index (χ0n) is 8.77. The van der Waals surface area contributed by atoms with Gasteiger partial charge in [-0.05, 0) is 13.0 Å². The lowest BCUT2D eigenvalue weighted by molar-refractivity contribution is 0.101. The molecule has 15 heavy (non-hydrogen) atoms. The molecule has 0 bridgehead atoms. The van der Waals surface area contributed by atoms with Gasteiger partial charge in [0.05, 0.1) is 5.69 Å². The Morgan fingerprint density at radius 3 is 2.60 bits per heavy atom. The second-order valence-corrected chi connectivity index (χ2v) is 3.48. The van der Waals surface area contributed by atoms with Gasteiger partial charge in [-0.3, -0.25) is 9.48 Å². The smallest absolute Gasteiger partial charge is 0.160 e. The summed E-state index contributed by atoms with van der Waals surface area (Å²) in [5.41, 5.74) is 2.45. The van der Waals surface area contributed by atoms with Crippen LogP contribution >= 0.6 is 0 Å². The second-order valence-electron chi connectivity index (χ2n) is 3.48. The second kappa shape index (κ2) is 3.69. The molecule has 0 aliphatic carbocycles. The lowest BCUT2D eigenvalue weighted by Crippen LogP contribution is -1.96. The summed E-state index contributed by atoms with van der Waals surface area (Å²) in [5.74, 6) is 0.0660. The number of carbonyl (C=O) groups is 1. The van der Waals surface area contributed by atoms with E-state index in [2.05, 4.69) is 5.10 Å². The van der Waals surface area contributed by atoms with Crippen LogP contribution in [0.2, 0.25) is 0 Å². The van der Waals surface area contributed by atoms with Crippen LogP contribution in [0.15, 0.2) is 36.5 Å². The van der Waals surface area contributed by atoms with E-state index in [1.807, 2.05) is 43.6 Å².